The average Bonchev–Trinajstić information content (AvgIpc) is 2.39. The van der Waals surface area contributed by atoms with E-state index in [-0.39, 0.29) is 16.8 Å². The van der Waals surface area contributed by atoms with Crippen molar-refractivity contribution in [3.8, 4) is 0 Å². The normalized spacial score (nSPS) is 19.6. The van der Waals surface area contributed by atoms with Gasteiger partial charge < -0.3 is 16.4 Å². The lowest BCUT2D eigenvalue weighted by Crippen LogP contribution is -2.41. The molecule has 0 radical (unpaired) electrons. The van der Waals surface area contributed by atoms with Crippen LogP contribution in [0.4, 0.5) is 5.82 Å². The van der Waals surface area contributed by atoms with Crippen LogP contribution in [0.5, 0.6) is 0 Å². The molecule has 0 bridgehead atoms. The summed E-state index contributed by atoms with van der Waals surface area (Å²) in [5, 5.41) is 0. The summed E-state index contributed by atoms with van der Waals surface area (Å²) >= 11 is 4.82. The highest BCUT2D eigenvalue weighted by Crippen LogP contribution is 2.20. The fourth-order valence-corrected chi connectivity index (χ4v) is 2.13. The molecule has 96 valence electrons. The molecule has 1 aliphatic rings. The van der Waals surface area contributed by atoms with Gasteiger partial charge in [-0.15, -0.1) is 0 Å². The first-order chi connectivity index (χ1) is 8.58. The number of hydrogen-bond acceptors (Lipinski definition) is 5. The van der Waals surface area contributed by atoms with E-state index in [1.54, 1.807) is 12.4 Å². The predicted octanol–water partition coefficient (Wildman–Crippen LogP) is -0.188. The van der Waals surface area contributed by atoms with Crippen molar-refractivity contribution in [3.05, 3.63) is 18.1 Å². The van der Waals surface area contributed by atoms with Gasteiger partial charge in [0.15, 0.2) is 0 Å². The van der Waals surface area contributed by atoms with Gasteiger partial charge in [-0.25, -0.2) is 9.97 Å². The lowest BCUT2D eigenvalue weighted by atomic mass is 9.98. The summed E-state index contributed by atoms with van der Waals surface area (Å²) in [7, 11) is 0. The molecule has 1 fully saturated rings. The summed E-state index contributed by atoms with van der Waals surface area (Å²) in [6, 6.07) is 0. The molecule has 0 spiro atoms. The molecule has 1 aliphatic heterocycles. The van der Waals surface area contributed by atoms with Crippen LogP contribution in [0.1, 0.15) is 18.5 Å². The topological polar surface area (TPSA) is 98.1 Å². The SMILES string of the molecule is NC(=O)C1CCCN(c2cnc(C(N)=S)cn2)C1. The summed E-state index contributed by atoms with van der Waals surface area (Å²) in [5.41, 5.74) is 11.3. The highest BCUT2D eigenvalue weighted by atomic mass is 32.1. The molecule has 0 aromatic carbocycles. The zero-order valence-electron chi connectivity index (χ0n) is 9.87. The van der Waals surface area contributed by atoms with Crippen molar-refractivity contribution in [2.45, 2.75) is 12.8 Å². The first-order valence-electron chi connectivity index (χ1n) is 5.74. The van der Waals surface area contributed by atoms with Gasteiger partial charge in [-0.3, -0.25) is 4.79 Å². The van der Waals surface area contributed by atoms with Gasteiger partial charge in [0.2, 0.25) is 5.91 Å². The molecule has 6 nitrogen and oxygen atoms in total. The molecule has 2 rings (SSSR count). The van der Waals surface area contributed by atoms with E-state index in [4.69, 9.17) is 23.7 Å². The molecule has 7 heteroatoms. The standard InChI is InChI=1S/C11H15N5OS/c12-10(17)7-2-1-3-16(6-7)9-5-14-8(4-15-9)11(13)18/h4-5,7H,1-3,6H2,(H2,12,17)(H2,13,18). The van der Waals surface area contributed by atoms with E-state index < -0.39 is 0 Å². The first-order valence-corrected chi connectivity index (χ1v) is 6.15. The Labute approximate surface area is 110 Å². The number of amides is 1. The lowest BCUT2D eigenvalue weighted by Gasteiger charge is -2.31. The number of carbonyl (C=O) groups excluding carboxylic acids is 1. The molecule has 1 aromatic rings. The Bertz CT molecular complexity index is 461. The molecule has 1 saturated heterocycles. The Morgan fingerprint density at radius 3 is 2.72 bits per heavy atom. The van der Waals surface area contributed by atoms with E-state index in [1.807, 2.05) is 4.90 Å². The van der Waals surface area contributed by atoms with Crippen LogP contribution in [-0.4, -0.2) is 34.0 Å². The molecular weight excluding hydrogens is 250 g/mol. The van der Waals surface area contributed by atoms with Crippen LogP contribution in [0.25, 0.3) is 0 Å². The molecular formula is C11H15N5OS. The van der Waals surface area contributed by atoms with Gasteiger partial charge in [0.1, 0.15) is 16.5 Å². The van der Waals surface area contributed by atoms with Gasteiger partial charge in [-0.05, 0) is 12.8 Å². The van der Waals surface area contributed by atoms with Crippen LogP contribution in [0.3, 0.4) is 0 Å². The highest BCUT2D eigenvalue weighted by molar-refractivity contribution is 7.80. The van der Waals surface area contributed by atoms with Gasteiger partial charge >= 0.3 is 0 Å². The van der Waals surface area contributed by atoms with Gasteiger partial charge in [0.05, 0.1) is 18.3 Å². The number of nitrogens with two attached hydrogens (primary N) is 2. The van der Waals surface area contributed by atoms with Crippen LogP contribution in [0.2, 0.25) is 0 Å². The number of aromatic nitrogens is 2. The summed E-state index contributed by atoms with van der Waals surface area (Å²) in [5.74, 6) is 0.351. The first kappa shape index (κ1) is 12.7. The van der Waals surface area contributed by atoms with E-state index in [9.17, 15) is 4.79 Å². The van der Waals surface area contributed by atoms with Crippen molar-refractivity contribution in [2.75, 3.05) is 18.0 Å². The quantitative estimate of drug-likeness (QED) is 0.735. The Hall–Kier alpha value is -1.76. The number of anilines is 1. The van der Waals surface area contributed by atoms with Gasteiger partial charge in [0.25, 0.3) is 0 Å². The monoisotopic (exact) mass is 265 g/mol. The van der Waals surface area contributed by atoms with E-state index in [1.165, 1.54) is 0 Å². The van der Waals surface area contributed by atoms with E-state index in [0.717, 1.165) is 25.2 Å². The number of hydrogen-bond donors (Lipinski definition) is 2. The smallest absolute Gasteiger partial charge is 0.222 e. The third-order valence-electron chi connectivity index (χ3n) is 3.04. The van der Waals surface area contributed by atoms with Crippen LogP contribution >= 0.6 is 12.2 Å². The third-order valence-corrected chi connectivity index (χ3v) is 3.25. The molecule has 1 unspecified atom stereocenters. The Morgan fingerprint density at radius 1 is 1.39 bits per heavy atom. The van der Waals surface area contributed by atoms with Gasteiger partial charge in [0, 0.05) is 13.1 Å². The summed E-state index contributed by atoms with van der Waals surface area (Å²) in [6.45, 7) is 1.45. The maximum Gasteiger partial charge on any atom is 0.222 e. The van der Waals surface area contributed by atoms with Crippen LogP contribution < -0.4 is 16.4 Å². The zero-order valence-corrected chi connectivity index (χ0v) is 10.7. The van der Waals surface area contributed by atoms with E-state index in [2.05, 4.69) is 9.97 Å². The number of piperidine rings is 1. The van der Waals surface area contributed by atoms with Gasteiger partial charge in [-0.1, -0.05) is 12.2 Å². The number of thiocarbonyl (C=S) groups is 1. The zero-order chi connectivity index (χ0) is 13.1. The molecule has 2 heterocycles. The second-order valence-corrected chi connectivity index (χ2v) is 4.75. The predicted molar refractivity (Wildman–Crippen MR) is 72.1 cm³/mol. The van der Waals surface area contributed by atoms with Crippen molar-refractivity contribution in [2.24, 2.45) is 17.4 Å². The van der Waals surface area contributed by atoms with Crippen molar-refractivity contribution < 1.29 is 4.79 Å². The second kappa shape index (κ2) is 5.26. The van der Waals surface area contributed by atoms with E-state index in [0.29, 0.717) is 12.2 Å². The summed E-state index contributed by atoms with van der Waals surface area (Å²) < 4.78 is 0. The van der Waals surface area contributed by atoms with Crippen LogP contribution in [-0.2, 0) is 4.79 Å². The molecule has 4 N–H and O–H groups in total. The average molecular weight is 265 g/mol. The molecule has 1 aromatic heterocycles. The third kappa shape index (κ3) is 2.73. The van der Waals surface area contributed by atoms with Crippen molar-refractivity contribution in [3.63, 3.8) is 0 Å². The van der Waals surface area contributed by atoms with E-state index >= 15 is 0 Å². The number of carbonyl (C=O) groups is 1. The minimum atomic E-state index is -0.257. The Morgan fingerprint density at radius 2 is 2.17 bits per heavy atom. The van der Waals surface area contributed by atoms with Crippen molar-refractivity contribution >= 4 is 28.9 Å². The summed E-state index contributed by atoms with van der Waals surface area (Å²) in [4.78, 5) is 21.8. The second-order valence-electron chi connectivity index (χ2n) is 4.31. The number of primary amides is 1. The van der Waals surface area contributed by atoms with Crippen molar-refractivity contribution in [1.29, 1.82) is 0 Å². The van der Waals surface area contributed by atoms with Gasteiger partial charge in [-0.2, -0.15) is 0 Å². The minimum Gasteiger partial charge on any atom is -0.388 e. The Balaban J connectivity index is 2.11. The largest absolute Gasteiger partial charge is 0.388 e. The van der Waals surface area contributed by atoms with Crippen molar-refractivity contribution in [1.82, 2.24) is 9.97 Å². The molecule has 1 amide bonds. The minimum absolute atomic E-state index is 0.115. The highest BCUT2D eigenvalue weighted by Gasteiger charge is 2.24. The fourth-order valence-electron chi connectivity index (χ4n) is 2.03. The molecule has 1 atom stereocenters. The van der Waals surface area contributed by atoms with Crippen LogP contribution in [0, 0.1) is 5.92 Å². The molecule has 18 heavy (non-hydrogen) atoms. The Kier molecular flexibility index (Phi) is 3.71. The summed E-state index contributed by atoms with van der Waals surface area (Å²) in [6.07, 6.45) is 4.93. The number of nitrogens with zero attached hydrogens (tertiary/aromatic N) is 3. The number of rotatable bonds is 3. The van der Waals surface area contributed by atoms with Crippen LogP contribution in [0.15, 0.2) is 12.4 Å². The lowest BCUT2D eigenvalue weighted by molar-refractivity contribution is -0.122. The maximum absolute atomic E-state index is 11.2. The fraction of sp³-hybridized carbons (Fsp3) is 0.455. The molecule has 0 saturated carbocycles. The molecule has 0 aliphatic carbocycles. The maximum atomic E-state index is 11.2.